The molecule has 1 fully saturated rings. The normalized spacial score (nSPS) is 17.0. The van der Waals surface area contributed by atoms with Crippen molar-refractivity contribution in [1.29, 1.82) is 0 Å². The fourth-order valence-corrected chi connectivity index (χ4v) is 3.55. The number of amides is 1. The van der Waals surface area contributed by atoms with Crippen LogP contribution in [0.2, 0.25) is 0 Å². The summed E-state index contributed by atoms with van der Waals surface area (Å²) in [7, 11) is 0. The van der Waals surface area contributed by atoms with Gasteiger partial charge in [-0.05, 0) is 30.6 Å². The van der Waals surface area contributed by atoms with E-state index in [-0.39, 0.29) is 23.9 Å². The molecule has 1 aromatic rings. The van der Waals surface area contributed by atoms with E-state index in [0.717, 1.165) is 5.56 Å². The van der Waals surface area contributed by atoms with Crippen molar-refractivity contribution >= 4 is 23.8 Å². The Bertz CT molecular complexity index is 500. The standard InChI is InChI=1S/C16H21NO4S/c1-22-14(15(18)19)13-7-9-17(10-8-13)16(20)21-11-12-5-3-2-4-6-12/h2-6,13-14H,7-11H2,1H3,(H,18,19). The summed E-state index contributed by atoms with van der Waals surface area (Å²) in [6, 6.07) is 9.55. The molecule has 0 radical (unpaired) electrons. The van der Waals surface area contributed by atoms with Crippen LogP contribution in [0, 0.1) is 5.92 Å². The number of benzene rings is 1. The van der Waals surface area contributed by atoms with Gasteiger partial charge in [0.15, 0.2) is 0 Å². The molecular weight excluding hydrogens is 302 g/mol. The highest BCUT2D eigenvalue weighted by molar-refractivity contribution is 7.99. The Balaban J connectivity index is 1.78. The molecule has 2 rings (SSSR count). The minimum atomic E-state index is -0.766. The Morgan fingerprint density at radius 1 is 1.32 bits per heavy atom. The van der Waals surface area contributed by atoms with Gasteiger partial charge < -0.3 is 14.7 Å². The van der Waals surface area contributed by atoms with Gasteiger partial charge in [0.25, 0.3) is 0 Å². The topological polar surface area (TPSA) is 66.8 Å². The van der Waals surface area contributed by atoms with Gasteiger partial charge in [0, 0.05) is 13.1 Å². The van der Waals surface area contributed by atoms with Gasteiger partial charge in [-0.25, -0.2) is 4.79 Å². The van der Waals surface area contributed by atoms with Gasteiger partial charge in [-0.3, -0.25) is 4.79 Å². The number of rotatable bonds is 5. The summed E-state index contributed by atoms with van der Waals surface area (Å²) in [5.41, 5.74) is 0.957. The lowest BCUT2D eigenvalue weighted by molar-refractivity contribution is -0.137. The number of aliphatic carboxylic acids is 1. The van der Waals surface area contributed by atoms with Crippen LogP contribution in [-0.4, -0.2) is 46.7 Å². The van der Waals surface area contributed by atoms with Gasteiger partial charge in [-0.15, -0.1) is 11.8 Å². The number of nitrogens with zero attached hydrogens (tertiary/aromatic N) is 1. The number of carbonyl (C=O) groups excluding carboxylic acids is 1. The van der Waals surface area contributed by atoms with E-state index in [0.29, 0.717) is 25.9 Å². The van der Waals surface area contributed by atoms with Crippen molar-refractivity contribution in [2.24, 2.45) is 5.92 Å². The first-order valence-corrected chi connectivity index (χ1v) is 8.62. The average molecular weight is 323 g/mol. The van der Waals surface area contributed by atoms with E-state index < -0.39 is 5.97 Å². The van der Waals surface area contributed by atoms with Gasteiger partial charge in [0.05, 0.1) is 0 Å². The van der Waals surface area contributed by atoms with Crippen LogP contribution in [0.4, 0.5) is 4.79 Å². The maximum atomic E-state index is 12.0. The molecule has 0 bridgehead atoms. The van der Waals surface area contributed by atoms with Crippen LogP contribution < -0.4 is 0 Å². The molecule has 22 heavy (non-hydrogen) atoms. The number of piperidine rings is 1. The smallest absolute Gasteiger partial charge is 0.410 e. The van der Waals surface area contributed by atoms with Crippen LogP contribution in [-0.2, 0) is 16.1 Å². The molecule has 0 saturated carbocycles. The zero-order chi connectivity index (χ0) is 15.9. The Kier molecular flexibility index (Phi) is 6.12. The highest BCUT2D eigenvalue weighted by atomic mass is 32.2. The predicted octanol–water partition coefficient (Wildman–Crippen LogP) is 2.85. The van der Waals surface area contributed by atoms with Crippen LogP contribution in [0.1, 0.15) is 18.4 Å². The lowest BCUT2D eigenvalue weighted by Gasteiger charge is -2.33. The van der Waals surface area contributed by atoms with Gasteiger partial charge in [-0.2, -0.15) is 0 Å². The maximum absolute atomic E-state index is 12.0. The van der Waals surface area contributed by atoms with Crippen molar-refractivity contribution in [3.05, 3.63) is 35.9 Å². The summed E-state index contributed by atoms with van der Waals surface area (Å²) < 4.78 is 5.30. The third-order valence-electron chi connectivity index (χ3n) is 3.93. The van der Waals surface area contributed by atoms with Crippen LogP contribution in [0.15, 0.2) is 30.3 Å². The summed E-state index contributed by atoms with van der Waals surface area (Å²) in [5.74, 6) is -0.650. The van der Waals surface area contributed by atoms with Crippen LogP contribution in [0.3, 0.4) is 0 Å². The molecule has 0 aromatic heterocycles. The zero-order valence-corrected chi connectivity index (χ0v) is 13.4. The fourth-order valence-electron chi connectivity index (χ4n) is 2.69. The summed E-state index contributed by atoms with van der Waals surface area (Å²) >= 11 is 1.37. The van der Waals surface area contributed by atoms with E-state index in [2.05, 4.69) is 0 Å². The van der Waals surface area contributed by atoms with Crippen LogP contribution >= 0.6 is 11.8 Å². The van der Waals surface area contributed by atoms with Crippen molar-refractivity contribution < 1.29 is 19.4 Å². The van der Waals surface area contributed by atoms with E-state index in [1.807, 2.05) is 36.6 Å². The van der Waals surface area contributed by atoms with Gasteiger partial charge in [0.1, 0.15) is 11.9 Å². The van der Waals surface area contributed by atoms with Crippen LogP contribution in [0.5, 0.6) is 0 Å². The third-order valence-corrected chi connectivity index (χ3v) is 5.02. The second-order valence-electron chi connectivity index (χ2n) is 5.36. The fraction of sp³-hybridized carbons (Fsp3) is 0.500. The molecule has 1 saturated heterocycles. The van der Waals surface area contributed by atoms with Crippen molar-refractivity contribution in [2.45, 2.75) is 24.7 Å². The minimum absolute atomic E-state index is 0.116. The first-order valence-electron chi connectivity index (χ1n) is 7.33. The molecule has 0 spiro atoms. The lowest BCUT2D eigenvalue weighted by Crippen LogP contribution is -2.42. The molecule has 1 N–H and O–H groups in total. The Labute approximate surface area is 134 Å². The Morgan fingerprint density at radius 2 is 1.95 bits per heavy atom. The molecule has 1 aromatic carbocycles. The number of thioether (sulfide) groups is 1. The first-order chi connectivity index (χ1) is 10.6. The summed E-state index contributed by atoms with van der Waals surface area (Å²) in [5, 5.41) is 8.80. The second-order valence-corrected chi connectivity index (χ2v) is 6.34. The zero-order valence-electron chi connectivity index (χ0n) is 12.6. The van der Waals surface area contributed by atoms with Crippen molar-refractivity contribution in [1.82, 2.24) is 4.90 Å². The van der Waals surface area contributed by atoms with E-state index in [4.69, 9.17) is 4.74 Å². The van der Waals surface area contributed by atoms with E-state index >= 15 is 0 Å². The molecule has 1 atom stereocenters. The number of hydrogen-bond donors (Lipinski definition) is 1. The highest BCUT2D eigenvalue weighted by Gasteiger charge is 2.32. The monoisotopic (exact) mass is 323 g/mol. The van der Waals surface area contributed by atoms with Gasteiger partial charge in [0.2, 0.25) is 0 Å². The molecular formula is C16H21NO4S. The van der Waals surface area contributed by atoms with Crippen molar-refractivity contribution in [3.63, 3.8) is 0 Å². The van der Waals surface area contributed by atoms with E-state index in [9.17, 15) is 14.7 Å². The Hall–Kier alpha value is -1.69. The molecule has 120 valence electrons. The highest BCUT2D eigenvalue weighted by Crippen LogP contribution is 2.28. The SMILES string of the molecule is CSC(C(=O)O)C1CCN(C(=O)OCc2ccccc2)CC1. The van der Waals surface area contributed by atoms with Crippen LogP contribution in [0.25, 0.3) is 0 Å². The Morgan fingerprint density at radius 3 is 2.50 bits per heavy atom. The van der Waals surface area contributed by atoms with E-state index in [1.165, 1.54) is 11.8 Å². The van der Waals surface area contributed by atoms with Gasteiger partial charge >= 0.3 is 12.1 Å². The first kappa shape index (κ1) is 16.7. The summed E-state index contributed by atoms with van der Waals surface area (Å²) in [6.07, 6.45) is 2.91. The summed E-state index contributed by atoms with van der Waals surface area (Å²) in [6.45, 7) is 1.38. The average Bonchev–Trinajstić information content (AvgIpc) is 2.54. The number of carboxylic acids is 1. The molecule has 6 heteroatoms. The molecule has 1 heterocycles. The quantitative estimate of drug-likeness (QED) is 0.902. The summed E-state index contributed by atoms with van der Waals surface area (Å²) in [4.78, 5) is 24.9. The minimum Gasteiger partial charge on any atom is -0.480 e. The lowest BCUT2D eigenvalue weighted by atomic mass is 9.93. The number of carbonyl (C=O) groups is 2. The van der Waals surface area contributed by atoms with E-state index in [1.54, 1.807) is 4.90 Å². The van der Waals surface area contributed by atoms with Crippen molar-refractivity contribution in [3.8, 4) is 0 Å². The number of likely N-dealkylation sites (tertiary alicyclic amines) is 1. The molecule has 0 aliphatic carbocycles. The maximum Gasteiger partial charge on any atom is 0.410 e. The predicted molar refractivity (Wildman–Crippen MR) is 85.9 cm³/mol. The largest absolute Gasteiger partial charge is 0.480 e. The molecule has 1 aliphatic rings. The number of hydrogen-bond acceptors (Lipinski definition) is 4. The second kappa shape index (κ2) is 8.08. The molecule has 1 aliphatic heterocycles. The molecule has 5 nitrogen and oxygen atoms in total. The van der Waals surface area contributed by atoms with Gasteiger partial charge in [-0.1, -0.05) is 30.3 Å². The number of ether oxygens (including phenoxy) is 1. The third kappa shape index (κ3) is 4.40. The molecule has 1 amide bonds. The van der Waals surface area contributed by atoms with Crippen molar-refractivity contribution in [2.75, 3.05) is 19.3 Å². The number of carboxylic acid groups (broad SMARTS) is 1. The molecule has 1 unspecified atom stereocenters.